The third-order valence-corrected chi connectivity index (χ3v) is 37.1. The maximum Gasteiger partial charge on any atom is 3.00 e. The maximum atomic E-state index is 5.23. The first-order chi connectivity index (χ1) is 45.4. The van der Waals surface area contributed by atoms with E-state index in [0.717, 1.165) is 91.8 Å². The number of rotatable bonds is 12. The molecule has 0 aliphatic heterocycles. The van der Waals surface area contributed by atoms with Gasteiger partial charge in [0.05, 0.1) is 0 Å². The first kappa shape index (κ1) is 123. The molecule has 108 heavy (non-hydrogen) atoms. The molecule has 4 aliphatic carbocycles. The molecule has 0 amide bonds. The van der Waals surface area contributed by atoms with Crippen molar-refractivity contribution in [3.8, 4) is 0 Å². The molecule has 0 radical (unpaired) electrons. The van der Waals surface area contributed by atoms with Crippen LogP contribution in [0, 0.1) is 105 Å². The van der Waals surface area contributed by atoms with E-state index in [1.54, 1.807) is 0 Å². The van der Waals surface area contributed by atoms with Gasteiger partial charge in [-0.2, -0.15) is 74.2 Å². The summed E-state index contributed by atoms with van der Waals surface area (Å²) in [6.07, 6.45) is 11.4. The van der Waals surface area contributed by atoms with E-state index >= 15 is 0 Å². The molecule has 4 fully saturated rings. The van der Waals surface area contributed by atoms with E-state index < -0.39 is 32.9 Å². The average molecular weight is 1680 g/mol. The van der Waals surface area contributed by atoms with Crippen LogP contribution < -0.4 is 19.6 Å². The van der Waals surface area contributed by atoms with Crippen molar-refractivity contribution in [1.82, 2.24) is 0 Å². The Balaban J connectivity index is -0.000000176. The van der Waals surface area contributed by atoms with Crippen molar-refractivity contribution in [2.45, 2.75) is 287 Å². The fraction of sp³-hybridized carbons (Fsp3) is 0.652. The second-order valence-electron chi connectivity index (χ2n) is 38.0. The van der Waals surface area contributed by atoms with Crippen LogP contribution >= 0.6 is 0 Å². The first-order valence-electron chi connectivity index (χ1n) is 38.7. The Morgan fingerprint density at radius 3 is 0.704 bits per heavy atom. The van der Waals surface area contributed by atoms with Crippen LogP contribution in [0.15, 0.2) is 97.1 Å². The monoisotopic (exact) mass is 1680 g/mol. The minimum absolute atomic E-state index is 0. The number of hydrogen-bond donors (Lipinski definition) is 0. The smallest absolute Gasteiger partial charge is 0.660 e. The molecule has 8 nitrogen and oxygen atoms in total. The Morgan fingerprint density at radius 1 is 0.296 bits per heavy atom. The Labute approximate surface area is 757 Å². The molecule has 0 N–H and O–H groups in total. The van der Waals surface area contributed by atoms with Crippen molar-refractivity contribution >= 4 is 55.7 Å². The van der Waals surface area contributed by atoms with Crippen molar-refractivity contribution in [1.29, 1.82) is 0 Å². The molecule has 8 atom stereocenters. The molecule has 8 rings (SSSR count). The van der Waals surface area contributed by atoms with Gasteiger partial charge in [-0.05, 0) is 104 Å². The van der Waals surface area contributed by atoms with Crippen molar-refractivity contribution in [3.05, 3.63) is 197 Å². The van der Waals surface area contributed by atoms with Crippen molar-refractivity contribution in [2.24, 2.45) is 47.3 Å². The summed E-state index contributed by atoms with van der Waals surface area (Å²) in [4.78, 5) is 28.8. The molecule has 4 aliphatic rings. The molecule has 4 aromatic rings. The van der Waals surface area contributed by atoms with Crippen LogP contribution in [-0.2, 0) is 103 Å². The minimum atomic E-state index is -1.49. The van der Waals surface area contributed by atoms with Crippen LogP contribution in [0.2, 0.25) is 74.5 Å². The van der Waals surface area contributed by atoms with Crippen LogP contribution in [-0.4, -0.2) is 111 Å². The van der Waals surface area contributed by atoms with Crippen LogP contribution in [0.5, 0.6) is 0 Å². The Bertz CT molecular complexity index is 2690. The largest absolute Gasteiger partial charge is 3.00 e. The summed E-state index contributed by atoms with van der Waals surface area (Å²) in [5.74, 6) is 7.02. The Kier molecular flexibility index (Phi) is 62.5. The van der Waals surface area contributed by atoms with Gasteiger partial charge in [0.25, 0.3) is 0 Å². The summed E-state index contributed by atoms with van der Waals surface area (Å²) >= 11 is 0. The predicted octanol–water partition coefficient (Wildman–Crippen LogP) is 28.7. The van der Waals surface area contributed by atoms with Gasteiger partial charge >= 0.3 is 103 Å². The fourth-order valence-corrected chi connectivity index (χ4v) is 35.1. The van der Waals surface area contributed by atoms with Crippen molar-refractivity contribution < 1.29 is 103 Å². The summed E-state index contributed by atoms with van der Waals surface area (Å²) in [6.45, 7) is 81.6. The topological polar surface area (TPSA) is 69.4 Å². The number of nitrogens with zero attached hydrogens (tertiary/aromatic N) is 8. The Hall–Kier alpha value is -0.252. The molecule has 16 heteroatoms. The summed E-state index contributed by atoms with van der Waals surface area (Å²) in [6, 6.07) is 32.3. The molecular formula is C92H172N8Sc4Si4. The summed E-state index contributed by atoms with van der Waals surface area (Å²) in [7, 11) is 10.6. The molecular weight excluding hydrogens is 1510 g/mol. The van der Waals surface area contributed by atoms with Gasteiger partial charge in [0.2, 0.25) is 0 Å². The molecule has 0 bridgehead atoms. The summed E-state index contributed by atoms with van der Waals surface area (Å²) in [5, 5.41) is 0. The second-order valence-corrected chi connectivity index (χ2v) is 55.1. The molecule has 8 unspecified atom stereocenters. The van der Waals surface area contributed by atoms with Gasteiger partial charge in [0.1, 0.15) is 0 Å². The first-order valence-corrected chi connectivity index (χ1v) is 50.8. The van der Waals surface area contributed by atoms with E-state index in [9.17, 15) is 0 Å². The van der Waals surface area contributed by atoms with Gasteiger partial charge in [-0.3, -0.25) is 0 Å². The zero-order chi connectivity index (χ0) is 77.7. The zero-order valence-electron chi connectivity index (χ0n) is 78.5. The van der Waals surface area contributed by atoms with Gasteiger partial charge in [0.15, 0.2) is 0 Å². The fourth-order valence-electron chi connectivity index (χ4n) is 17.5. The average Bonchev–Trinajstić information content (AvgIpc) is 1.62. The van der Waals surface area contributed by atoms with E-state index in [1.165, 1.54) is 74.1 Å². The number of benzene rings is 4. The quantitative estimate of drug-likeness (QED) is 0.105. The molecule has 0 saturated heterocycles. The molecule has 0 heterocycles. The summed E-state index contributed by atoms with van der Waals surface area (Å²) in [5.41, 5.74) is 13.3. The standard InChI is InChI=1S/C15H32NSi.2C13H28NSi.C11H24NSi.4C9H12N.4CH3.4Sc/c1-10-11(2)13(4)14(12(10)3)17(8,9)16-15(5,6)7;1-10-8-12(9-11(10)2)15(6,7)14-13(3,4)5;1-10-8-9-11(2)12(10)15(6,7)14-13(3,4)5;1-11(2,3)12-13(4,5)10-8-6-7-9-10;4*1-8-6-4-5-7-9(8)10(2)3;;;;;;;;/h10-14H,1-9H3;2*10-12H,8-9H2,1-7H3;10H,6-9H2,1-5H3;4*4-7H,1H2,2-3H3;4*1H3;;;;/q12*-1;4*+3. The van der Waals surface area contributed by atoms with E-state index in [1.807, 2.05) is 129 Å². The van der Waals surface area contributed by atoms with Crippen LogP contribution in [0.3, 0.4) is 0 Å². The summed E-state index contributed by atoms with van der Waals surface area (Å²) < 4.78 is 0. The van der Waals surface area contributed by atoms with E-state index in [4.69, 9.17) is 19.9 Å². The zero-order valence-corrected chi connectivity index (χ0v) is 89.8. The number of anilines is 4. The number of para-hydroxylation sites is 4. The van der Waals surface area contributed by atoms with Gasteiger partial charge in [-0.15, -0.1) is 46.4 Å². The van der Waals surface area contributed by atoms with Crippen LogP contribution in [0.25, 0.3) is 19.9 Å². The molecule has 4 aromatic carbocycles. The predicted molar refractivity (Wildman–Crippen MR) is 494 cm³/mol. The van der Waals surface area contributed by atoms with Crippen LogP contribution in [0.1, 0.15) is 212 Å². The van der Waals surface area contributed by atoms with Crippen molar-refractivity contribution in [2.75, 3.05) is 76.0 Å². The minimum Gasteiger partial charge on any atom is -0.660 e. The third kappa shape index (κ3) is 45.5. The number of hydrogen-bond acceptors (Lipinski definition) is 4. The van der Waals surface area contributed by atoms with Gasteiger partial charge < -0.3 is 69.2 Å². The van der Waals surface area contributed by atoms with Gasteiger partial charge in [0, 0.05) is 0 Å². The SMILES string of the molecule is CC(C)(C)[N-][Si](C)(C)C1CCCC1.CC1C(C)C(C)C([Si](C)(C)[N-]C(C)(C)C)C1C.CC1CC([Si](C)(C)[N-]C(C)(C)C)CC1C.CC1CCC(C)C1[Si](C)(C)[N-]C(C)(C)C.[CH2-]c1ccccc1N(C)C.[CH2-]c1ccccc1N(C)C.[CH2-]c1ccccc1N(C)C.[CH2-]c1ccccc1N(C)C.[CH3-].[CH3-].[CH3-].[CH3-].[Sc+3].[Sc+3].[Sc+3].[Sc+3]. The Morgan fingerprint density at radius 2 is 0.500 bits per heavy atom. The molecule has 608 valence electrons. The van der Waals surface area contributed by atoms with Crippen LogP contribution in [0.4, 0.5) is 22.7 Å². The second kappa shape index (κ2) is 54.7. The van der Waals surface area contributed by atoms with Crippen molar-refractivity contribution in [3.63, 3.8) is 0 Å². The van der Waals surface area contributed by atoms with Gasteiger partial charge in [-0.25, -0.2) is 0 Å². The van der Waals surface area contributed by atoms with E-state index in [2.05, 4.69) is 262 Å². The maximum absolute atomic E-state index is 5.23. The third-order valence-electron chi connectivity index (χ3n) is 21.6. The van der Waals surface area contributed by atoms with E-state index in [-0.39, 0.29) is 155 Å². The molecule has 0 aromatic heterocycles. The van der Waals surface area contributed by atoms with Gasteiger partial charge in [-0.1, -0.05) is 369 Å². The molecule has 0 spiro atoms. The van der Waals surface area contributed by atoms with E-state index in [0.29, 0.717) is 0 Å². The molecule has 4 saturated carbocycles. The normalized spacial score (nSPS) is 21.5.